The maximum Gasteiger partial charge on any atom is 0.415 e. The fraction of sp³-hybridized carbons (Fsp3) is 0.0345. The van der Waals surface area contributed by atoms with Crippen molar-refractivity contribution >= 4 is 50.7 Å². The van der Waals surface area contributed by atoms with Crippen molar-refractivity contribution in [3.8, 4) is 16.9 Å². The maximum absolute atomic E-state index is 13.6. The SMILES string of the molecule is COc1ccc([P+](=O)c2ccccc2-c2ccc3ccc4cccc5ccc2c3c45)cc1. The Hall–Kier alpha value is -3.74. The fourth-order valence-corrected chi connectivity index (χ4v) is 6.04. The monoisotopic (exact) mass is 431 g/mol. The second-order valence-electron chi connectivity index (χ2n) is 7.98. The second kappa shape index (κ2) is 7.44. The summed E-state index contributed by atoms with van der Waals surface area (Å²) in [5, 5.41) is 9.12. The van der Waals surface area contributed by atoms with Crippen LogP contribution < -0.4 is 15.3 Å². The summed E-state index contributed by atoms with van der Waals surface area (Å²) in [5.74, 6) is 0.761. The van der Waals surface area contributed by atoms with E-state index in [4.69, 9.17) is 4.74 Å². The average Bonchev–Trinajstić information content (AvgIpc) is 2.87. The molecule has 6 aromatic carbocycles. The zero-order valence-electron chi connectivity index (χ0n) is 17.6. The number of methoxy groups -OCH3 is 1. The molecule has 1 unspecified atom stereocenters. The Balaban J connectivity index is 1.59. The minimum atomic E-state index is -1.74. The Kier molecular flexibility index (Phi) is 4.41. The van der Waals surface area contributed by atoms with E-state index in [1.165, 1.54) is 32.3 Å². The molecule has 3 heteroatoms. The van der Waals surface area contributed by atoms with Gasteiger partial charge in [0.05, 0.1) is 7.11 Å². The van der Waals surface area contributed by atoms with Crippen molar-refractivity contribution in [2.75, 3.05) is 7.11 Å². The topological polar surface area (TPSA) is 26.3 Å². The van der Waals surface area contributed by atoms with Gasteiger partial charge in [0.25, 0.3) is 0 Å². The lowest BCUT2D eigenvalue weighted by Crippen LogP contribution is -2.09. The van der Waals surface area contributed by atoms with Gasteiger partial charge in [-0.25, -0.2) is 0 Å². The molecule has 1 atom stereocenters. The molecule has 6 rings (SSSR count). The van der Waals surface area contributed by atoms with Gasteiger partial charge in [-0.3, -0.25) is 0 Å². The zero-order chi connectivity index (χ0) is 21.7. The Morgan fingerprint density at radius 2 is 1.25 bits per heavy atom. The summed E-state index contributed by atoms with van der Waals surface area (Å²) in [4.78, 5) is 0. The highest BCUT2D eigenvalue weighted by Gasteiger charge is 2.28. The molecule has 2 nitrogen and oxygen atoms in total. The van der Waals surface area contributed by atoms with Crippen LogP contribution in [0.4, 0.5) is 0 Å². The zero-order valence-corrected chi connectivity index (χ0v) is 18.5. The third kappa shape index (κ3) is 2.88. The molecule has 152 valence electrons. The van der Waals surface area contributed by atoms with E-state index in [0.29, 0.717) is 0 Å². The Bertz CT molecular complexity index is 1600. The molecular formula is C29H20O2P+. The Morgan fingerprint density at radius 1 is 0.594 bits per heavy atom. The van der Waals surface area contributed by atoms with Gasteiger partial charge in [-0.15, -0.1) is 0 Å². The molecule has 0 aliphatic rings. The van der Waals surface area contributed by atoms with Crippen LogP contribution in [0.25, 0.3) is 43.4 Å². The van der Waals surface area contributed by atoms with Crippen LogP contribution in [-0.2, 0) is 4.57 Å². The van der Waals surface area contributed by atoms with Crippen LogP contribution in [0.15, 0.2) is 103 Å². The van der Waals surface area contributed by atoms with Crippen molar-refractivity contribution in [1.29, 1.82) is 0 Å². The number of benzene rings is 6. The number of rotatable bonds is 4. The van der Waals surface area contributed by atoms with E-state index < -0.39 is 7.80 Å². The Morgan fingerprint density at radius 3 is 2.00 bits per heavy atom. The van der Waals surface area contributed by atoms with Gasteiger partial charge in [0, 0.05) is 5.56 Å². The molecule has 0 bridgehead atoms. The van der Waals surface area contributed by atoms with Crippen LogP contribution in [-0.4, -0.2) is 7.11 Å². The molecule has 0 aliphatic carbocycles. The van der Waals surface area contributed by atoms with E-state index in [0.717, 1.165) is 27.5 Å². The quantitative estimate of drug-likeness (QED) is 0.221. The summed E-state index contributed by atoms with van der Waals surface area (Å²) in [6.45, 7) is 0. The normalized spacial score (nSPS) is 12.0. The molecule has 0 N–H and O–H groups in total. The summed E-state index contributed by atoms with van der Waals surface area (Å²) < 4.78 is 18.9. The largest absolute Gasteiger partial charge is 0.497 e. The van der Waals surface area contributed by atoms with Crippen LogP contribution >= 0.6 is 7.80 Å². The second-order valence-corrected chi connectivity index (χ2v) is 9.57. The van der Waals surface area contributed by atoms with Crippen molar-refractivity contribution in [2.24, 2.45) is 0 Å². The summed E-state index contributed by atoms with van der Waals surface area (Å²) >= 11 is 0. The van der Waals surface area contributed by atoms with Crippen molar-refractivity contribution in [1.82, 2.24) is 0 Å². The third-order valence-corrected chi connectivity index (χ3v) is 7.84. The van der Waals surface area contributed by atoms with Gasteiger partial charge in [0.15, 0.2) is 5.30 Å². The molecule has 0 amide bonds. The van der Waals surface area contributed by atoms with Crippen LogP contribution in [0, 0.1) is 0 Å². The minimum Gasteiger partial charge on any atom is -0.497 e. The van der Waals surface area contributed by atoms with Crippen molar-refractivity contribution in [2.45, 2.75) is 0 Å². The lowest BCUT2D eigenvalue weighted by atomic mass is 9.90. The summed E-state index contributed by atoms with van der Waals surface area (Å²) in [5.41, 5.74) is 2.13. The van der Waals surface area contributed by atoms with Gasteiger partial charge < -0.3 is 4.74 Å². The van der Waals surface area contributed by atoms with E-state index in [2.05, 4.69) is 60.7 Å². The molecule has 0 radical (unpaired) electrons. The average molecular weight is 431 g/mol. The van der Waals surface area contributed by atoms with E-state index >= 15 is 0 Å². The van der Waals surface area contributed by atoms with E-state index in [1.807, 2.05) is 42.5 Å². The predicted octanol–water partition coefficient (Wildman–Crippen LogP) is 7.04. The van der Waals surface area contributed by atoms with Gasteiger partial charge in [-0.05, 0) is 74.3 Å². The lowest BCUT2D eigenvalue weighted by Gasteiger charge is -2.14. The van der Waals surface area contributed by atoms with E-state index in [1.54, 1.807) is 7.11 Å². The van der Waals surface area contributed by atoms with Crippen molar-refractivity contribution in [3.05, 3.63) is 103 Å². The highest BCUT2D eigenvalue weighted by Crippen LogP contribution is 2.40. The molecular weight excluding hydrogens is 411 g/mol. The maximum atomic E-state index is 13.6. The van der Waals surface area contributed by atoms with Gasteiger partial charge in [0.1, 0.15) is 5.75 Å². The van der Waals surface area contributed by atoms with Crippen LogP contribution in [0.2, 0.25) is 0 Å². The van der Waals surface area contributed by atoms with Gasteiger partial charge in [0.2, 0.25) is 5.30 Å². The predicted molar refractivity (Wildman–Crippen MR) is 135 cm³/mol. The first-order chi connectivity index (χ1) is 15.7. The number of hydrogen-bond acceptors (Lipinski definition) is 2. The number of ether oxygens (including phenoxy) is 1. The van der Waals surface area contributed by atoms with Crippen LogP contribution in [0.1, 0.15) is 0 Å². The van der Waals surface area contributed by atoms with E-state index in [-0.39, 0.29) is 0 Å². The smallest absolute Gasteiger partial charge is 0.415 e. The molecule has 0 saturated heterocycles. The van der Waals surface area contributed by atoms with Crippen LogP contribution in [0.5, 0.6) is 5.75 Å². The first kappa shape index (κ1) is 19.0. The van der Waals surface area contributed by atoms with E-state index in [9.17, 15) is 4.57 Å². The Labute approximate surface area is 187 Å². The van der Waals surface area contributed by atoms with Gasteiger partial charge >= 0.3 is 7.80 Å². The summed E-state index contributed by atoms with van der Waals surface area (Å²) in [6, 6.07) is 35.1. The highest BCUT2D eigenvalue weighted by atomic mass is 31.1. The highest BCUT2D eigenvalue weighted by molar-refractivity contribution is 7.61. The molecule has 6 aromatic rings. The third-order valence-electron chi connectivity index (χ3n) is 6.25. The first-order valence-corrected chi connectivity index (χ1v) is 11.9. The molecule has 0 heterocycles. The standard InChI is InChI=1S/C29H20O2P/c1-31-22-13-15-23(16-14-22)32(30)27-8-3-2-7-25(27)24-17-11-21-10-9-19-5-4-6-20-12-18-26(24)29(21)28(19)20/h2-18H,1H3/q+1. The number of hydrogen-bond donors (Lipinski definition) is 0. The summed E-state index contributed by atoms with van der Waals surface area (Å²) in [7, 11) is -0.105. The van der Waals surface area contributed by atoms with Crippen molar-refractivity contribution < 1.29 is 9.30 Å². The molecule has 0 spiro atoms. The first-order valence-electron chi connectivity index (χ1n) is 10.6. The van der Waals surface area contributed by atoms with Gasteiger partial charge in [-0.1, -0.05) is 71.3 Å². The van der Waals surface area contributed by atoms with Crippen LogP contribution in [0.3, 0.4) is 0 Å². The molecule has 0 saturated carbocycles. The molecule has 0 aromatic heterocycles. The summed E-state index contributed by atoms with van der Waals surface area (Å²) in [6.07, 6.45) is 0. The minimum absolute atomic E-state index is 0.761. The fourth-order valence-electron chi connectivity index (χ4n) is 4.71. The van der Waals surface area contributed by atoms with Crippen molar-refractivity contribution in [3.63, 3.8) is 0 Å². The van der Waals surface area contributed by atoms with Gasteiger partial charge in [-0.2, -0.15) is 0 Å². The lowest BCUT2D eigenvalue weighted by molar-refractivity contribution is 0.415. The molecule has 32 heavy (non-hydrogen) atoms. The molecule has 0 fully saturated rings. The molecule has 0 aliphatic heterocycles.